The van der Waals surface area contributed by atoms with Gasteiger partial charge < -0.3 is 5.32 Å². The van der Waals surface area contributed by atoms with Gasteiger partial charge in [0.05, 0.1) is 4.91 Å². The van der Waals surface area contributed by atoms with Gasteiger partial charge >= 0.3 is 0 Å². The average Bonchev–Trinajstić information content (AvgIpc) is 2.69. The Hall–Kier alpha value is -1.88. The number of amidine groups is 1. The average molecular weight is 288 g/mol. The van der Waals surface area contributed by atoms with Crippen molar-refractivity contribution < 1.29 is 9.59 Å². The number of rotatable bonds is 2. The van der Waals surface area contributed by atoms with Gasteiger partial charge in [-0.3, -0.25) is 9.59 Å². The number of nitrogens with one attached hydrogen (secondary N) is 1. The van der Waals surface area contributed by atoms with Gasteiger partial charge in [-0.15, -0.1) is 0 Å². The van der Waals surface area contributed by atoms with E-state index < -0.39 is 0 Å². The minimum Gasteiger partial charge on any atom is -0.305 e. The van der Waals surface area contributed by atoms with Crippen molar-refractivity contribution in [1.29, 1.82) is 0 Å². The fourth-order valence-electron chi connectivity index (χ4n) is 1.74. The maximum absolute atomic E-state index is 11.7. The molecule has 20 heavy (non-hydrogen) atoms. The van der Waals surface area contributed by atoms with Crippen LogP contribution >= 0.6 is 11.8 Å². The molecule has 0 bridgehead atoms. The molecule has 0 aromatic heterocycles. The first-order chi connectivity index (χ1) is 9.45. The Labute approximate surface area is 122 Å². The fraction of sp³-hybridized carbons (Fsp3) is 0.267. The molecule has 1 aliphatic heterocycles. The van der Waals surface area contributed by atoms with Crippen LogP contribution in [-0.4, -0.2) is 17.0 Å². The Morgan fingerprint density at radius 1 is 1.30 bits per heavy atom. The normalized spacial score (nSPS) is 16.7. The van der Waals surface area contributed by atoms with E-state index in [0.717, 1.165) is 5.56 Å². The highest BCUT2D eigenvalue weighted by atomic mass is 32.2. The molecule has 2 rings (SSSR count). The molecular weight excluding hydrogens is 272 g/mol. The van der Waals surface area contributed by atoms with E-state index in [2.05, 4.69) is 36.3 Å². The number of aliphatic imine (C=N–C) groups is 1. The fourth-order valence-corrected chi connectivity index (χ4v) is 2.60. The first kappa shape index (κ1) is 14.5. The predicted molar refractivity (Wildman–Crippen MR) is 82.4 cm³/mol. The molecule has 4 nitrogen and oxygen atoms in total. The standard InChI is InChI=1S/C15H16N2O2S/c1-9(2)12-6-4-11(5-7-12)8-13-14(19)17-15(20-13)16-10(3)18/h4-9H,1-3H3,(H,16,17,18,19)/b13-8+. The summed E-state index contributed by atoms with van der Waals surface area (Å²) in [6.07, 6.45) is 1.79. The number of thioether (sulfide) groups is 1. The zero-order valence-electron chi connectivity index (χ0n) is 11.6. The summed E-state index contributed by atoms with van der Waals surface area (Å²) in [5.74, 6) is -0.0628. The van der Waals surface area contributed by atoms with Crippen LogP contribution in [0.2, 0.25) is 0 Å². The topological polar surface area (TPSA) is 58.5 Å². The van der Waals surface area contributed by atoms with Crippen LogP contribution in [0.4, 0.5) is 0 Å². The van der Waals surface area contributed by atoms with Crippen LogP contribution in [-0.2, 0) is 9.59 Å². The van der Waals surface area contributed by atoms with E-state index in [4.69, 9.17) is 0 Å². The second-order valence-electron chi connectivity index (χ2n) is 4.84. The summed E-state index contributed by atoms with van der Waals surface area (Å²) in [5.41, 5.74) is 2.21. The lowest BCUT2D eigenvalue weighted by Crippen LogP contribution is -2.23. The van der Waals surface area contributed by atoms with Crippen molar-refractivity contribution in [3.63, 3.8) is 0 Å². The van der Waals surface area contributed by atoms with E-state index in [9.17, 15) is 9.59 Å². The number of benzene rings is 1. The molecule has 2 amide bonds. The van der Waals surface area contributed by atoms with E-state index >= 15 is 0 Å². The Morgan fingerprint density at radius 3 is 2.50 bits per heavy atom. The van der Waals surface area contributed by atoms with Crippen LogP contribution in [0.25, 0.3) is 6.08 Å². The predicted octanol–water partition coefficient (Wildman–Crippen LogP) is 2.92. The molecule has 1 aromatic rings. The molecule has 1 aromatic carbocycles. The van der Waals surface area contributed by atoms with Crippen molar-refractivity contribution >= 4 is 34.8 Å². The smallest absolute Gasteiger partial charge is 0.286 e. The minimum atomic E-state index is -0.313. The van der Waals surface area contributed by atoms with E-state index in [0.29, 0.717) is 16.0 Å². The lowest BCUT2D eigenvalue weighted by atomic mass is 10.0. The second kappa shape index (κ2) is 6.05. The molecule has 1 heterocycles. The molecule has 0 unspecified atom stereocenters. The molecule has 0 saturated heterocycles. The SMILES string of the molecule is CC(=O)NC1=NC(=O)/C(=C\c2ccc(C(C)C)cc2)S1. The van der Waals surface area contributed by atoms with Crippen molar-refractivity contribution in [2.75, 3.05) is 0 Å². The Balaban J connectivity index is 2.13. The Kier molecular flexibility index (Phi) is 4.39. The van der Waals surface area contributed by atoms with Crippen molar-refractivity contribution in [3.8, 4) is 0 Å². The third-order valence-corrected chi connectivity index (χ3v) is 3.70. The molecule has 0 spiro atoms. The van der Waals surface area contributed by atoms with Gasteiger partial charge in [0.25, 0.3) is 5.91 Å². The van der Waals surface area contributed by atoms with Crippen LogP contribution < -0.4 is 5.32 Å². The molecular formula is C15H16N2O2S. The molecule has 0 fully saturated rings. The second-order valence-corrected chi connectivity index (χ2v) is 5.87. The van der Waals surface area contributed by atoms with Crippen LogP contribution in [0.5, 0.6) is 0 Å². The number of carbonyl (C=O) groups is 2. The monoisotopic (exact) mass is 288 g/mol. The summed E-state index contributed by atoms with van der Waals surface area (Å²) in [6, 6.07) is 8.06. The van der Waals surface area contributed by atoms with E-state index in [1.165, 1.54) is 24.2 Å². The summed E-state index contributed by atoms with van der Waals surface area (Å²) >= 11 is 1.18. The molecule has 0 radical (unpaired) electrons. The Morgan fingerprint density at radius 2 is 1.95 bits per heavy atom. The van der Waals surface area contributed by atoms with Gasteiger partial charge in [-0.2, -0.15) is 4.99 Å². The number of nitrogens with zero attached hydrogens (tertiary/aromatic N) is 1. The minimum absolute atomic E-state index is 0.230. The molecule has 0 saturated carbocycles. The third-order valence-electron chi connectivity index (χ3n) is 2.80. The van der Waals surface area contributed by atoms with Crippen molar-refractivity contribution in [3.05, 3.63) is 40.3 Å². The highest BCUT2D eigenvalue weighted by Crippen LogP contribution is 2.27. The number of hydrogen-bond donors (Lipinski definition) is 1. The van der Waals surface area contributed by atoms with E-state index in [1.54, 1.807) is 6.08 Å². The quantitative estimate of drug-likeness (QED) is 0.851. The molecule has 1 aliphatic rings. The van der Waals surface area contributed by atoms with E-state index in [-0.39, 0.29) is 11.8 Å². The van der Waals surface area contributed by atoms with Gasteiger partial charge in [-0.1, -0.05) is 38.1 Å². The summed E-state index contributed by atoms with van der Waals surface area (Å²) in [6.45, 7) is 5.66. The zero-order valence-corrected chi connectivity index (χ0v) is 12.5. The lowest BCUT2D eigenvalue weighted by molar-refractivity contribution is -0.117. The Bertz CT molecular complexity index is 601. The maximum Gasteiger partial charge on any atom is 0.286 e. The van der Waals surface area contributed by atoms with Crippen LogP contribution in [0.15, 0.2) is 34.2 Å². The molecule has 104 valence electrons. The van der Waals surface area contributed by atoms with Crippen molar-refractivity contribution in [2.45, 2.75) is 26.7 Å². The molecule has 0 atom stereocenters. The summed E-state index contributed by atoms with van der Waals surface area (Å²) in [7, 11) is 0. The first-order valence-electron chi connectivity index (χ1n) is 6.36. The number of carbonyl (C=O) groups excluding carboxylic acids is 2. The third kappa shape index (κ3) is 3.57. The lowest BCUT2D eigenvalue weighted by Gasteiger charge is -2.05. The number of amides is 2. The van der Waals surface area contributed by atoms with Crippen LogP contribution in [0.3, 0.4) is 0 Å². The molecule has 5 heteroatoms. The van der Waals surface area contributed by atoms with Crippen LogP contribution in [0.1, 0.15) is 37.8 Å². The summed E-state index contributed by atoms with van der Waals surface area (Å²) in [5, 5.41) is 2.86. The summed E-state index contributed by atoms with van der Waals surface area (Å²) < 4.78 is 0. The van der Waals surface area contributed by atoms with Crippen LogP contribution in [0, 0.1) is 0 Å². The van der Waals surface area contributed by atoms with E-state index in [1.807, 2.05) is 12.1 Å². The van der Waals surface area contributed by atoms with Gasteiger partial charge in [0.1, 0.15) is 0 Å². The summed E-state index contributed by atoms with van der Waals surface area (Å²) in [4.78, 5) is 27.0. The number of hydrogen-bond acceptors (Lipinski definition) is 3. The van der Waals surface area contributed by atoms with Crippen molar-refractivity contribution in [2.24, 2.45) is 4.99 Å². The van der Waals surface area contributed by atoms with Gasteiger partial charge in [0.2, 0.25) is 5.91 Å². The van der Waals surface area contributed by atoms with Gasteiger partial charge in [-0.05, 0) is 34.9 Å². The van der Waals surface area contributed by atoms with Gasteiger partial charge in [-0.25, -0.2) is 0 Å². The molecule has 1 N–H and O–H groups in total. The zero-order chi connectivity index (χ0) is 14.7. The maximum atomic E-state index is 11.7. The largest absolute Gasteiger partial charge is 0.305 e. The van der Waals surface area contributed by atoms with Gasteiger partial charge in [0, 0.05) is 6.92 Å². The highest BCUT2D eigenvalue weighted by Gasteiger charge is 2.22. The first-order valence-corrected chi connectivity index (χ1v) is 7.17. The highest BCUT2D eigenvalue weighted by molar-refractivity contribution is 8.18. The molecule has 0 aliphatic carbocycles. The van der Waals surface area contributed by atoms with Crippen molar-refractivity contribution in [1.82, 2.24) is 5.32 Å². The van der Waals surface area contributed by atoms with Gasteiger partial charge in [0.15, 0.2) is 5.17 Å².